The lowest BCUT2D eigenvalue weighted by molar-refractivity contribution is -0.142. The van der Waals surface area contributed by atoms with E-state index in [4.69, 9.17) is 9.84 Å². The normalized spacial score (nSPS) is 20.2. The summed E-state index contributed by atoms with van der Waals surface area (Å²) in [6.07, 6.45) is 1.91. The highest BCUT2D eigenvalue weighted by Crippen LogP contribution is 2.25. The number of aliphatic carboxylic acids is 1. The molecule has 2 N–H and O–H groups in total. The number of aromatic amines is 1. The lowest BCUT2D eigenvalue weighted by atomic mass is 9.90. The predicted octanol–water partition coefficient (Wildman–Crippen LogP) is 0.608. The van der Waals surface area contributed by atoms with E-state index >= 15 is 0 Å². The largest absolute Gasteiger partial charge is 0.481 e. The third kappa shape index (κ3) is 1.45. The molecule has 0 bridgehead atoms. The van der Waals surface area contributed by atoms with Gasteiger partial charge in [-0.1, -0.05) is 0 Å². The Balaban J connectivity index is 2.21. The second kappa shape index (κ2) is 3.32. The predicted molar refractivity (Wildman–Crippen MR) is 48.3 cm³/mol. The van der Waals surface area contributed by atoms with Crippen molar-refractivity contribution >= 4 is 5.97 Å². The number of imidazole rings is 1. The van der Waals surface area contributed by atoms with E-state index in [0.717, 1.165) is 11.4 Å². The number of carboxylic acids is 1. The second-order valence-corrected chi connectivity index (χ2v) is 3.45. The van der Waals surface area contributed by atoms with Gasteiger partial charge >= 0.3 is 5.97 Å². The van der Waals surface area contributed by atoms with Crippen molar-refractivity contribution in [2.75, 3.05) is 7.11 Å². The molecule has 76 valence electrons. The molecule has 0 amide bonds. The number of aromatic nitrogens is 2. The van der Waals surface area contributed by atoms with Crippen LogP contribution in [0.5, 0.6) is 6.01 Å². The first-order chi connectivity index (χ1) is 6.70. The summed E-state index contributed by atoms with van der Waals surface area (Å²) >= 11 is 0. The lowest BCUT2D eigenvalue weighted by Crippen LogP contribution is -2.22. The fourth-order valence-corrected chi connectivity index (χ4v) is 1.76. The number of nitrogens with zero attached hydrogens (tertiary/aromatic N) is 1. The Labute approximate surface area is 81.1 Å². The van der Waals surface area contributed by atoms with Crippen molar-refractivity contribution in [2.45, 2.75) is 19.3 Å². The van der Waals surface area contributed by atoms with Gasteiger partial charge in [0.25, 0.3) is 6.01 Å². The second-order valence-electron chi connectivity index (χ2n) is 3.45. The Morgan fingerprint density at radius 1 is 1.71 bits per heavy atom. The number of hydrogen-bond donors (Lipinski definition) is 2. The van der Waals surface area contributed by atoms with Crippen molar-refractivity contribution in [1.82, 2.24) is 9.97 Å². The van der Waals surface area contributed by atoms with Crippen LogP contribution < -0.4 is 4.74 Å². The van der Waals surface area contributed by atoms with Crippen molar-refractivity contribution in [3.8, 4) is 6.01 Å². The summed E-state index contributed by atoms with van der Waals surface area (Å²) < 4.78 is 4.95. The van der Waals surface area contributed by atoms with E-state index in [2.05, 4.69) is 9.97 Å². The van der Waals surface area contributed by atoms with Crippen LogP contribution in [0.25, 0.3) is 0 Å². The van der Waals surface area contributed by atoms with Gasteiger partial charge in [0, 0.05) is 12.1 Å². The molecule has 5 nitrogen and oxygen atoms in total. The summed E-state index contributed by atoms with van der Waals surface area (Å²) in [6.45, 7) is 0. The zero-order chi connectivity index (χ0) is 10.1. The van der Waals surface area contributed by atoms with Crippen molar-refractivity contribution in [3.05, 3.63) is 11.4 Å². The highest BCUT2D eigenvalue weighted by atomic mass is 16.5. The summed E-state index contributed by atoms with van der Waals surface area (Å²) in [5.41, 5.74) is 1.85. The molecule has 1 aromatic rings. The molecular formula is C9H12N2O3. The van der Waals surface area contributed by atoms with Gasteiger partial charge in [-0.15, -0.1) is 0 Å². The van der Waals surface area contributed by atoms with Gasteiger partial charge in [0.05, 0.1) is 18.7 Å². The van der Waals surface area contributed by atoms with Crippen molar-refractivity contribution in [2.24, 2.45) is 5.92 Å². The van der Waals surface area contributed by atoms with Gasteiger partial charge in [-0.3, -0.25) is 4.79 Å². The smallest absolute Gasteiger partial charge is 0.306 e. The maximum atomic E-state index is 10.8. The average molecular weight is 196 g/mol. The van der Waals surface area contributed by atoms with E-state index in [1.165, 1.54) is 0 Å². The number of carboxylic acid groups (broad SMARTS) is 1. The molecule has 0 saturated carbocycles. The highest BCUT2D eigenvalue weighted by molar-refractivity contribution is 5.70. The van der Waals surface area contributed by atoms with E-state index < -0.39 is 5.97 Å². The molecule has 5 heteroatoms. The maximum absolute atomic E-state index is 10.8. The minimum absolute atomic E-state index is 0.285. The summed E-state index contributed by atoms with van der Waals surface area (Å²) in [7, 11) is 1.54. The molecule has 0 aliphatic heterocycles. The van der Waals surface area contributed by atoms with E-state index in [0.29, 0.717) is 25.3 Å². The molecule has 1 aliphatic rings. The quantitative estimate of drug-likeness (QED) is 0.726. The minimum atomic E-state index is -0.732. The molecule has 1 heterocycles. The van der Waals surface area contributed by atoms with Gasteiger partial charge in [0.1, 0.15) is 0 Å². The number of ether oxygens (including phenoxy) is 1. The fraction of sp³-hybridized carbons (Fsp3) is 0.556. The van der Waals surface area contributed by atoms with Crippen LogP contribution in [-0.4, -0.2) is 28.2 Å². The SMILES string of the molecule is COc1nc2c([nH]1)CC(C(=O)O)CC2. The standard InChI is InChI=1S/C9H12N2O3/c1-14-9-10-6-3-2-5(8(12)13)4-7(6)11-9/h5H,2-4H2,1H3,(H,10,11)(H,12,13). The van der Waals surface area contributed by atoms with E-state index in [1.807, 2.05) is 0 Å². The highest BCUT2D eigenvalue weighted by Gasteiger charge is 2.26. The number of H-pyrrole nitrogens is 1. The minimum Gasteiger partial charge on any atom is -0.481 e. The molecule has 0 spiro atoms. The Hall–Kier alpha value is -1.52. The topological polar surface area (TPSA) is 75.2 Å². The Morgan fingerprint density at radius 3 is 3.14 bits per heavy atom. The fourth-order valence-electron chi connectivity index (χ4n) is 1.76. The van der Waals surface area contributed by atoms with Gasteiger partial charge in [-0.25, -0.2) is 4.98 Å². The van der Waals surface area contributed by atoms with Crippen LogP contribution in [0.3, 0.4) is 0 Å². The zero-order valence-electron chi connectivity index (χ0n) is 7.91. The number of fused-ring (bicyclic) bond motifs is 1. The molecule has 0 radical (unpaired) electrons. The molecule has 0 aromatic carbocycles. The van der Waals surface area contributed by atoms with Gasteiger partial charge in [0.15, 0.2) is 0 Å². The first-order valence-electron chi connectivity index (χ1n) is 4.55. The van der Waals surface area contributed by atoms with Gasteiger partial charge in [-0.05, 0) is 12.8 Å². The number of carbonyl (C=O) groups is 1. The molecule has 14 heavy (non-hydrogen) atoms. The summed E-state index contributed by atoms with van der Waals surface area (Å²) in [5.74, 6) is -1.02. The lowest BCUT2D eigenvalue weighted by Gasteiger charge is -2.16. The van der Waals surface area contributed by atoms with E-state index in [1.54, 1.807) is 7.11 Å². The van der Waals surface area contributed by atoms with Crippen LogP contribution in [0.4, 0.5) is 0 Å². The van der Waals surface area contributed by atoms with Crippen molar-refractivity contribution in [1.29, 1.82) is 0 Å². The van der Waals surface area contributed by atoms with E-state index in [-0.39, 0.29) is 5.92 Å². The van der Waals surface area contributed by atoms with Crippen LogP contribution >= 0.6 is 0 Å². The zero-order valence-corrected chi connectivity index (χ0v) is 7.91. The van der Waals surface area contributed by atoms with Crippen LogP contribution in [0.15, 0.2) is 0 Å². The first-order valence-corrected chi connectivity index (χ1v) is 4.55. The molecule has 1 unspecified atom stereocenters. The molecule has 0 fully saturated rings. The molecule has 0 saturated heterocycles. The third-order valence-electron chi connectivity index (χ3n) is 2.57. The molecular weight excluding hydrogens is 184 g/mol. The average Bonchev–Trinajstić information content (AvgIpc) is 2.58. The Bertz CT molecular complexity index is 359. The monoisotopic (exact) mass is 196 g/mol. The number of nitrogens with one attached hydrogen (secondary N) is 1. The van der Waals surface area contributed by atoms with Gasteiger partial charge in [0.2, 0.25) is 0 Å². The van der Waals surface area contributed by atoms with Crippen molar-refractivity contribution < 1.29 is 14.6 Å². The first kappa shape index (κ1) is 9.05. The van der Waals surface area contributed by atoms with Crippen LogP contribution in [-0.2, 0) is 17.6 Å². The van der Waals surface area contributed by atoms with Gasteiger partial charge in [-0.2, -0.15) is 0 Å². The van der Waals surface area contributed by atoms with Crippen molar-refractivity contribution in [3.63, 3.8) is 0 Å². The Morgan fingerprint density at radius 2 is 2.50 bits per heavy atom. The Kier molecular flexibility index (Phi) is 2.15. The number of rotatable bonds is 2. The third-order valence-corrected chi connectivity index (χ3v) is 2.57. The number of methoxy groups -OCH3 is 1. The molecule has 1 atom stereocenters. The number of aryl methyl sites for hydroxylation is 1. The number of hydrogen-bond acceptors (Lipinski definition) is 3. The van der Waals surface area contributed by atoms with E-state index in [9.17, 15) is 4.79 Å². The summed E-state index contributed by atoms with van der Waals surface area (Å²) in [6, 6.07) is 0.473. The summed E-state index contributed by atoms with van der Waals surface area (Å²) in [5, 5.41) is 8.86. The van der Waals surface area contributed by atoms with Crippen LogP contribution in [0.2, 0.25) is 0 Å². The molecule has 1 aromatic heterocycles. The van der Waals surface area contributed by atoms with Crippen LogP contribution in [0.1, 0.15) is 17.8 Å². The van der Waals surface area contributed by atoms with Crippen LogP contribution in [0, 0.1) is 5.92 Å². The van der Waals surface area contributed by atoms with Gasteiger partial charge < -0.3 is 14.8 Å². The summed E-state index contributed by atoms with van der Waals surface area (Å²) in [4.78, 5) is 17.9. The molecule has 1 aliphatic carbocycles. The molecule has 2 rings (SSSR count). The maximum Gasteiger partial charge on any atom is 0.306 e.